The summed E-state index contributed by atoms with van der Waals surface area (Å²) >= 11 is 7.83. The first kappa shape index (κ1) is 22.3. The maximum atomic E-state index is 13.2. The second kappa shape index (κ2) is 9.11. The molecule has 35 heavy (non-hydrogen) atoms. The summed E-state index contributed by atoms with van der Waals surface area (Å²) < 4.78 is 2.22. The highest BCUT2D eigenvalue weighted by molar-refractivity contribution is 7.17. The fraction of sp³-hybridized carbons (Fsp3) is 0.214. The molecule has 1 amide bonds. The Kier molecular flexibility index (Phi) is 5.80. The molecule has 1 aliphatic heterocycles. The molecule has 7 heteroatoms. The molecule has 176 valence electrons. The molecule has 3 heterocycles. The van der Waals surface area contributed by atoms with Crippen LogP contribution in [0.25, 0.3) is 27.0 Å². The van der Waals surface area contributed by atoms with E-state index < -0.39 is 0 Å². The van der Waals surface area contributed by atoms with Crippen LogP contribution < -0.4 is 0 Å². The van der Waals surface area contributed by atoms with Gasteiger partial charge in [-0.1, -0.05) is 54.1 Å². The Morgan fingerprint density at radius 1 is 0.971 bits per heavy atom. The number of amides is 1. The number of aromatic nitrogens is 2. The Morgan fingerprint density at radius 2 is 1.71 bits per heavy atom. The van der Waals surface area contributed by atoms with Crippen molar-refractivity contribution in [2.24, 2.45) is 0 Å². The van der Waals surface area contributed by atoms with Gasteiger partial charge in [-0.2, -0.15) is 0 Å². The Balaban J connectivity index is 1.20. The van der Waals surface area contributed by atoms with Crippen LogP contribution in [0.2, 0.25) is 5.02 Å². The molecular formula is C28H25ClN4OS. The highest BCUT2D eigenvalue weighted by Crippen LogP contribution is 2.30. The Morgan fingerprint density at radius 3 is 2.49 bits per heavy atom. The number of hydrogen-bond acceptors (Lipinski definition) is 4. The van der Waals surface area contributed by atoms with E-state index in [-0.39, 0.29) is 5.91 Å². The van der Waals surface area contributed by atoms with Crippen LogP contribution in [0, 0.1) is 6.92 Å². The number of hydrogen-bond donors (Lipinski definition) is 0. The van der Waals surface area contributed by atoms with Crippen molar-refractivity contribution in [1.82, 2.24) is 19.2 Å². The van der Waals surface area contributed by atoms with Crippen molar-refractivity contribution < 1.29 is 4.79 Å². The van der Waals surface area contributed by atoms with Crippen molar-refractivity contribution in [2.45, 2.75) is 13.5 Å². The standard InChI is InChI=1S/C28H25ClN4OS/c1-19-17-33-25(26(30-28(33)35-19)21-8-10-24(29)11-9-21)18-31-12-14-32(15-13-31)27(34)23-7-6-20-4-2-3-5-22(20)16-23/h2-11,16-17H,12-15,18H2,1H3. The summed E-state index contributed by atoms with van der Waals surface area (Å²) in [6, 6.07) is 22.0. The number of aryl methyl sites for hydroxylation is 1. The number of piperazine rings is 1. The van der Waals surface area contributed by atoms with E-state index in [4.69, 9.17) is 16.6 Å². The lowest BCUT2D eigenvalue weighted by atomic mass is 10.1. The molecular weight excluding hydrogens is 476 g/mol. The highest BCUT2D eigenvalue weighted by Gasteiger charge is 2.25. The van der Waals surface area contributed by atoms with E-state index >= 15 is 0 Å². The number of rotatable bonds is 4. The van der Waals surface area contributed by atoms with Crippen molar-refractivity contribution >= 4 is 44.6 Å². The third kappa shape index (κ3) is 4.33. The van der Waals surface area contributed by atoms with Crippen LogP contribution in [0.5, 0.6) is 0 Å². The quantitative estimate of drug-likeness (QED) is 0.298. The molecule has 0 unspecified atom stereocenters. The Hall–Kier alpha value is -3.19. The average molecular weight is 501 g/mol. The molecule has 1 aliphatic rings. The molecule has 0 atom stereocenters. The summed E-state index contributed by atoms with van der Waals surface area (Å²) in [6.07, 6.45) is 2.17. The summed E-state index contributed by atoms with van der Waals surface area (Å²) in [5.41, 5.74) is 4.01. The summed E-state index contributed by atoms with van der Waals surface area (Å²) in [7, 11) is 0. The zero-order valence-corrected chi connectivity index (χ0v) is 21.0. The zero-order chi connectivity index (χ0) is 23.9. The fourth-order valence-corrected chi connectivity index (χ4v) is 5.79. The van der Waals surface area contributed by atoms with E-state index in [2.05, 4.69) is 34.6 Å². The molecule has 3 aromatic carbocycles. The van der Waals surface area contributed by atoms with Gasteiger partial charge in [0.15, 0.2) is 4.96 Å². The minimum Gasteiger partial charge on any atom is -0.336 e. The maximum absolute atomic E-state index is 13.2. The third-order valence-corrected chi connectivity index (χ3v) is 7.84. The van der Waals surface area contributed by atoms with Gasteiger partial charge in [-0.25, -0.2) is 4.98 Å². The van der Waals surface area contributed by atoms with Gasteiger partial charge in [0, 0.05) is 59.9 Å². The first-order valence-corrected chi connectivity index (χ1v) is 13.0. The topological polar surface area (TPSA) is 40.9 Å². The van der Waals surface area contributed by atoms with E-state index in [1.807, 2.05) is 59.5 Å². The van der Waals surface area contributed by atoms with E-state index in [1.54, 1.807) is 11.3 Å². The molecule has 2 aromatic heterocycles. The Bertz CT molecular complexity index is 1530. The van der Waals surface area contributed by atoms with Crippen molar-refractivity contribution in [2.75, 3.05) is 26.2 Å². The van der Waals surface area contributed by atoms with Crippen molar-refractivity contribution in [3.05, 3.63) is 94.1 Å². The van der Waals surface area contributed by atoms with Crippen molar-refractivity contribution in [3.63, 3.8) is 0 Å². The van der Waals surface area contributed by atoms with E-state index in [1.165, 1.54) is 10.6 Å². The number of thiazole rings is 1. The monoisotopic (exact) mass is 500 g/mol. The normalized spacial score (nSPS) is 14.7. The average Bonchev–Trinajstić information content (AvgIpc) is 3.41. The van der Waals surface area contributed by atoms with Gasteiger partial charge in [-0.3, -0.25) is 14.1 Å². The molecule has 1 saturated heterocycles. The lowest BCUT2D eigenvalue weighted by Gasteiger charge is -2.34. The molecule has 5 nitrogen and oxygen atoms in total. The molecule has 5 aromatic rings. The second-order valence-corrected chi connectivity index (χ2v) is 10.7. The van der Waals surface area contributed by atoms with Gasteiger partial charge in [-0.05, 0) is 42.0 Å². The molecule has 0 radical (unpaired) electrons. The van der Waals surface area contributed by atoms with Crippen molar-refractivity contribution in [1.29, 1.82) is 0 Å². The van der Waals surface area contributed by atoms with Crippen LogP contribution >= 0.6 is 22.9 Å². The van der Waals surface area contributed by atoms with Gasteiger partial charge >= 0.3 is 0 Å². The third-order valence-electron chi connectivity index (χ3n) is 6.69. The molecule has 0 spiro atoms. The van der Waals surface area contributed by atoms with E-state index in [0.717, 1.165) is 57.2 Å². The van der Waals surface area contributed by atoms with Crippen molar-refractivity contribution in [3.8, 4) is 11.3 Å². The SMILES string of the molecule is Cc1cn2c(CN3CCN(C(=O)c4ccc5ccccc5c4)CC3)c(-c3ccc(Cl)cc3)nc2s1. The zero-order valence-electron chi connectivity index (χ0n) is 19.4. The number of imidazole rings is 1. The highest BCUT2D eigenvalue weighted by atomic mass is 35.5. The van der Waals surface area contributed by atoms with Crippen LogP contribution in [0.4, 0.5) is 0 Å². The number of nitrogens with zero attached hydrogens (tertiary/aromatic N) is 4. The lowest BCUT2D eigenvalue weighted by molar-refractivity contribution is 0.0627. The van der Waals surface area contributed by atoms with Gasteiger partial charge in [0.05, 0.1) is 11.4 Å². The Labute approximate surface area is 213 Å². The fourth-order valence-electron chi connectivity index (χ4n) is 4.82. The van der Waals surface area contributed by atoms with Gasteiger partial charge in [0.2, 0.25) is 0 Å². The molecule has 0 aliphatic carbocycles. The summed E-state index contributed by atoms with van der Waals surface area (Å²) in [4.78, 5) is 24.8. The molecule has 0 N–H and O–H groups in total. The predicted molar refractivity (Wildman–Crippen MR) is 143 cm³/mol. The minimum atomic E-state index is 0.109. The summed E-state index contributed by atoms with van der Waals surface area (Å²) in [5.74, 6) is 0.109. The second-order valence-electron chi connectivity index (χ2n) is 9.04. The maximum Gasteiger partial charge on any atom is 0.253 e. The van der Waals surface area contributed by atoms with Gasteiger partial charge in [-0.15, -0.1) is 11.3 Å². The van der Waals surface area contributed by atoms with E-state index in [0.29, 0.717) is 13.1 Å². The van der Waals surface area contributed by atoms with Crippen LogP contribution in [0.3, 0.4) is 0 Å². The lowest BCUT2D eigenvalue weighted by Crippen LogP contribution is -2.48. The molecule has 0 bridgehead atoms. The first-order valence-electron chi connectivity index (χ1n) is 11.8. The summed E-state index contributed by atoms with van der Waals surface area (Å²) in [6.45, 7) is 5.99. The van der Waals surface area contributed by atoms with E-state index in [9.17, 15) is 4.79 Å². The minimum absolute atomic E-state index is 0.109. The predicted octanol–water partition coefficient (Wildman–Crippen LogP) is 6.14. The first-order chi connectivity index (χ1) is 17.0. The van der Waals surface area contributed by atoms with Gasteiger partial charge < -0.3 is 4.90 Å². The van der Waals surface area contributed by atoms with Crippen LogP contribution in [-0.4, -0.2) is 51.3 Å². The number of fused-ring (bicyclic) bond motifs is 2. The molecule has 1 fully saturated rings. The van der Waals surface area contributed by atoms with Gasteiger partial charge in [0.1, 0.15) is 0 Å². The van der Waals surface area contributed by atoms with Crippen LogP contribution in [0.15, 0.2) is 72.9 Å². The largest absolute Gasteiger partial charge is 0.336 e. The van der Waals surface area contributed by atoms with Gasteiger partial charge in [0.25, 0.3) is 5.91 Å². The molecule has 0 saturated carbocycles. The van der Waals surface area contributed by atoms with Crippen LogP contribution in [0.1, 0.15) is 20.9 Å². The van der Waals surface area contributed by atoms with Crippen LogP contribution in [-0.2, 0) is 6.54 Å². The summed E-state index contributed by atoms with van der Waals surface area (Å²) in [5, 5.41) is 2.98. The number of halogens is 1. The number of benzene rings is 3. The smallest absolute Gasteiger partial charge is 0.253 e. The number of carbonyl (C=O) groups excluding carboxylic acids is 1. The molecule has 6 rings (SSSR count). The number of carbonyl (C=O) groups is 1.